The Kier molecular flexibility index (Phi) is 4.49. The van der Waals surface area contributed by atoms with Crippen LogP contribution in [0.5, 0.6) is 5.75 Å². The Morgan fingerprint density at radius 1 is 1.35 bits per heavy atom. The lowest BCUT2D eigenvalue weighted by molar-refractivity contribution is -0.136. The van der Waals surface area contributed by atoms with Gasteiger partial charge in [0.05, 0.1) is 0 Å². The Balaban J connectivity index is 2.14. The van der Waals surface area contributed by atoms with Crippen LogP contribution in [-0.2, 0) is 4.79 Å². The van der Waals surface area contributed by atoms with Gasteiger partial charge in [-0.15, -0.1) is 0 Å². The molecule has 1 N–H and O–H groups in total. The first-order valence-electron chi connectivity index (χ1n) is 6.47. The summed E-state index contributed by atoms with van der Waals surface area (Å²) in [5.74, 6) is -1.12. The molecule has 0 saturated carbocycles. The van der Waals surface area contributed by atoms with Crippen LogP contribution in [0.25, 0.3) is 0 Å². The maximum atomic E-state index is 12.1. The van der Waals surface area contributed by atoms with Gasteiger partial charge in [0, 0.05) is 18.1 Å². The zero-order chi connectivity index (χ0) is 14.7. The summed E-state index contributed by atoms with van der Waals surface area (Å²) < 4.78 is 5.51. The summed E-state index contributed by atoms with van der Waals surface area (Å²) in [6, 6.07) is 4.26. The van der Waals surface area contributed by atoms with Crippen LogP contribution in [0, 0.1) is 0 Å². The summed E-state index contributed by atoms with van der Waals surface area (Å²) in [6.45, 7) is 3.08. The Hall–Kier alpha value is -1.75. The van der Waals surface area contributed by atoms with Gasteiger partial charge >= 0.3 is 5.97 Å². The van der Waals surface area contributed by atoms with Gasteiger partial charge in [0.15, 0.2) is 6.10 Å². The Labute approximate surface area is 122 Å². The smallest absolute Gasteiger partial charge is 0.339 e. The van der Waals surface area contributed by atoms with Gasteiger partial charge in [-0.3, -0.25) is 4.79 Å². The number of carboxylic acids is 1. The number of nitrogens with zero attached hydrogens (tertiary/aromatic N) is 1. The standard InChI is InChI=1S/C14H16ClNO4/c1-9(13(17)16-6-2-3-7-16)20-12-8-10(15)4-5-11(12)14(18)19/h4-5,8-9H,2-3,6-7H2,1H3,(H,18,19). The maximum absolute atomic E-state index is 12.1. The Morgan fingerprint density at radius 3 is 2.60 bits per heavy atom. The zero-order valence-electron chi connectivity index (χ0n) is 11.1. The fraction of sp³-hybridized carbons (Fsp3) is 0.429. The largest absolute Gasteiger partial charge is 0.480 e. The van der Waals surface area contributed by atoms with E-state index in [0.717, 1.165) is 25.9 Å². The number of hydrogen-bond donors (Lipinski definition) is 1. The fourth-order valence-electron chi connectivity index (χ4n) is 2.21. The first kappa shape index (κ1) is 14.7. The first-order chi connectivity index (χ1) is 9.49. The molecule has 0 spiro atoms. The van der Waals surface area contributed by atoms with Crippen molar-refractivity contribution >= 4 is 23.5 Å². The van der Waals surface area contributed by atoms with Crippen LogP contribution < -0.4 is 4.74 Å². The van der Waals surface area contributed by atoms with Gasteiger partial charge in [-0.05, 0) is 38.0 Å². The molecular formula is C14H16ClNO4. The van der Waals surface area contributed by atoms with Crippen molar-refractivity contribution in [2.45, 2.75) is 25.9 Å². The van der Waals surface area contributed by atoms with E-state index >= 15 is 0 Å². The quantitative estimate of drug-likeness (QED) is 0.927. The van der Waals surface area contributed by atoms with Crippen molar-refractivity contribution in [3.63, 3.8) is 0 Å². The molecule has 2 rings (SSSR count). The lowest BCUT2D eigenvalue weighted by atomic mass is 10.2. The van der Waals surface area contributed by atoms with Crippen LogP contribution in [0.15, 0.2) is 18.2 Å². The van der Waals surface area contributed by atoms with Crippen LogP contribution in [0.1, 0.15) is 30.1 Å². The Morgan fingerprint density at radius 2 is 2.00 bits per heavy atom. The van der Waals surface area contributed by atoms with Crippen molar-refractivity contribution in [2.24, 2.45) is 0 Å². The molecule has 0 radical (unpaired) electrons. The lowest BCUT2D eigenvalue weighted by Crippen LogP contribution is -2.38. The summed E-state index contributed by atoms with van der Waals surface area (Å²) in [4.78, 5) is 25.0. The van der Waals surface area contributed by atoms with Crippen LogP contribution >= 0.6 is 11.6 Å². The molecule has 1 fully saturated rings. The van der Waals surface area contributed by atoms with Crippen molar-refractivity contribution in [3.05, 3.63) is 28.8 Å². The van der Waals surface area contributed by atoms with Gasteiger partial charge in [-0.2, -0.15) is 0 Å². The third-order valence-electron chi connectivity index (χ3n) is 3.24. The van der Waals surface area contributed by atoms with E-state index < -0.39 is 12.1 Å². The number of aromatic carboxylic acids is 1. The summed E-state index contributed by atoms with van der Waals surface area (Å²) in [7, 11) is 0. The third-order valence-corrected chi connectivity index (χ3v) is 3.48. The van der Waals surface area contributed by atoms with E-state index in [4.69, 9.17) is 21.4 Å². The minimum absolute atomic E-state index is 0.00419. The van der Waals surface area contributed by atoms with Gasteiger partial charge in [0.1, 0.15) is 11.3 Å². The molecule has 1 aromatic rings. The molecule has 1 aromatic carbocycles. The molecule has 1 saturated heterocycles. The van der Waals surface area contributed by atoms with Crippen molar-refractivity contribution in [1.82, 2.24) is 4.90 Å². The van der Waals surface area contributed by atoms with Gasteiger partial charge in [-0.1, -0.05) is 11.6 Å². The van der Waals surface area contributed by atoms with Crippen LogP contribution in [0.2, 0.25) is 5.02 Å². The topological polar surface area (TPSA) is 66.8 Å². The van der Waals surface area contributed by atoms with Crippen molar-refractivity contribution in [2.75, 3.05) is 13.1 Å². The van der Waals surface area contributed by atoms with E-state index in [2.05, 4.69) is 0 Å². The molecular weight excluding hydrogens is 282 g/mol. The molecule has 0 aromatic heterocycles. The predicted molar refractivity (Wildman–Crippen MR) is 74.3 cm³/mol. The van der Waals surface area contributed by atoms with Crippen LogP contribution in [-0.4, -0.2) is 41.1 Å². The van der Waals surface area contributed by atoms with E-state index in [1.165, 1.54) is 18.2 Å². The molecule has 20 heavy (non-hydrogen) atoms. The zero-order valence-corrected chi connectivity index (χ0v) is 11.9. The number of carboxylic acid groups (broad SMARTS) is 1. The van der Waals surface area contributed by atoms with Gasteiger partial charge < -0.3 is 14.7 Å². The molecule has 6 heteroatoms. The van der Waals surface area contributed by atoms with Gasteiger partial charge in [0.2, 0.25) is 0 Å². The lowest BCUT2D eigenvalue weighted by Gasteiger charge is -2.21. The molecule has 1 unspecified atom stereocenters. The van der Waals surface area contributed by atoms with Crippen molar-refractivity contribution < 1.29 is 19.4 Å². The molecule has 108 valence electrons. The Bertz CT molecular complexity index is 526. The average molecular weight is 298 g/mol. The highest BCUT2D eigenvalue weighted by atomic mass is 35.5. The number of hydrogen-bond acceptors (Lipinski definition) is 3. The normalized spacial score (nSPS) is 16.0. The van der Waals surface area contributed by atoms with E-state index in [0.29, 0.717) is 5.02 Å². The monoisotopic (exact) mass is 297 g/mol. The molecule has 1 amide bonds. The molecule has 1 aliphatic rings. The minimum Gasteiger partial charge on any atom is -0.480 e. The minimum atomic E-state index is -1.11. The number of likely N-dealkylation sites (tertiary alicyclic amines) is 1. The van der Waals surface area contributed by atoms with Crippen LogP contribution in [0.3, 0.4) is 0 Å². The SMILES string of the molecule is CC(Oc1cc(Cl)ccc1C(=O)O)C(=O)N1CCCC1. The number of rotatable bonds is 4. The number of benzene rings is 1. The highest BCUT2D eigenvalue weighted by Crippen LogP contribution is 2.25. The molecule has 1 atom stereocenters. The number of halogens is 1. The van der Waals surface area contributed by atoms with Gasteiger partial charge in [0.25, 0.3) is 5.91 Å². The fourth-order valence-corrected chi connectivity index (χ4v) is 2.37. The molecule has 1 heterocycles. The summed E-state index contributed by atoms with van der Waals surface area (Å²) in [5, 5.41) is 9.47. The van der Waals surface area contributed by atoms with Gasteiger partial charge in [-0.25, -0.2) is 4.79 Å². The van der Waals surface area contributed by atoms with E-state index in [-0.39, 0.29) is 17.2 Å². The first-order valence-corrected chi connectivity index (χ1v) is 6.85. The number of carbonyl (C=O) groups is 2. The van der Waals surface area contributed by atoms with Crippen molar-refractivity contribution in [3.8, 4) is 5.75 Å². The second-order valence-corrected chi connectivity index (χ2v) is 5.17. The van der Waals surface area contributed by atoms with Crippen molar-refractivity contribution in [1.29, 1.82) is 0 Å². The highest BCUT2D eigenvalue weighted by Gasteiger charge is 2.25. The maximum Gasteiger partial charge on any atom is 0.339 e. The summed E-state index contributed by atoms with van der Waals surface area (Å²) >= 11 is 5.84. The third kappa shape index (κ3) is 3.22. The summed E-state index contributed by atoms with van der Waals surface area (Å²) in [5.41, 5.74) is -0.00419. The second-order valence-electron chi connectivity index (χ2n) is 4.74. The van der Waals surface area contributed by atoms with E-state index in [1.54, 1.807) is 11.8 Å². The van der Waals surface area contributed by atoms with E-state index in [9.17, 15) is 9.59 Å². The highest BCUT2D eigenvalue weighted by molar-refractivity contribution is 6.30. The molecule has 0 bridgehead atoms. The summed E-state index contributed by atoms with van der Waals surface area (Å²) in [6.07, 6.45) is 1.26. The van der Waals surface area contributed by atoms with E-state index in [1.807, 2.05) is 0 Å². The molecule has 0 aliphatic carbocycles. The number of ether oxygens (including phenoxy) is 1. The number of amides is 1. The second kappa shape index (κ2) is 6.13. The number of carbonyl (C=O) groups excluding carboxylic acids is 1. The van der Waals surface area contributed by atoms with Crippen LogP contribution in [0.4, 0.5) is 0 Å². The molecule has 5 nitrogen and oxygen atoms in total. The predicted octanol–water partition coefficient (Wildman–Crippen LogP) is 2.43. The average Bonchev–Trinajstić information content (AvgIpc) is 2.91. The molecule has 1 aliphatic heterocycles.